The van der Waals surface area contributed by atoms with Crippen LogP contribution < -0.4 is 0 Å². The highest BCUT2D eigenvalue weighted by atomic mass is 35.5. The lowest BCUT2D eigenvalue weighted by Crippen LogP contribution is -2.41. The van der Waals surface area contributed by atoms with Gasteiger partial charge in [0.25, 0.3) is 0 Å². The molecule has 0 radical (unpaired) electrons. The zero-order chi connectivity index (χ0) is 27.6. The van der Waals surface area contributed by atoms with Crippen molar-refractivity contribution in [3.63, 3.8) is 0 Å². The molecular weight excluding hydrogens is 496 g/mol. The van der Waals surface area contributed by atoms with Gasteiger partial charge in [0.05, 0.1) is 13.2 Å². The van der Waals surface area contributed by atoms with Crippen molar-refractivity contribution >= 4 is 25.9 Å². The Hall–Kier alpha value is -1.10. The Morgan fingerprint density at radius 1 is 1.14 bits per heavy atom. The molecule has 37 heavy (non-hydrogen) atoms. The highest BCUT2D eigenvalue weighted by Crippen LogP contribution is 2.48. The second-order valence-electron chi connectivity index (χ2n) is 12.6. The first-order valence-electron chi connectivity index (χ1n) is 14.5. The number of rotatable bonds is 14. The number of halogens is 1. The molecule has 3 nitrogen and oxygen atoms in total. The molecule has 5 atom stereocenters. The van der Waals surface area contributed by atoms with Crippen LogP contribution in [0.25, 0.3) is 0 Å². The molecule has 0 aromatic heterocycles. The molecule has 1 aromatic carbocycles. The third kappa shape index (κ3) is 9.55. The Balaban J connectivity index is 2.13. The number of ether oxygens (including phenoxy) is 1. The molecule has 1 saturated carbocycles. The average Bonchev–Trinajstić information content (AvgIpc) is 3.12. The topological polar surface area (TPSA) is 35.5 Å². The van der Waals surface area contributed by atoms with Gasteiger partial charge < -0.3 is 9.16 Å². The Labute approximate surface area is 233 Å². The molecule has 1 aromatic rings. The van der Waals surface area contributed by atoms with Gasteiger partial charge in [0.1, 0.15) is 0 Å². The maximum atomic E-state index is 11.3. The summed E-state index contributed by atoms with van der Waals surface area (Å²) in [4.78, 5) is 11.3. The molecule has 0 aliphatic heterocycles. The number of unbranched alkanes of at least 4 members (excludes halogenated alkanes) is 3. The number of carbonyl (C=O) groups excluding carboxylic acids is 1. The SMILES string of the molecule is CCCCCC(O[Si](C)(C)C(C)(C)C)c1ccc([C@@H]2[C@@H](C/C=C\CCCC(=O)OC)[C@@H](Cl)C[C@H]2C)cc1. The van der Waals surface area contributed by atoms with Gasteiger partial charge in [-0.1, -0.05) is 90.3 Å². The molecule has 1 fully saturated rings. The summed E-state index contributed by atoms with van der Waals surface area (Å²) in [5.74, 6) is 1.33. The standard InChI is InChI=1S/C32H53ClO3Si/c1-9-10-13-17-29(36-37(7,8)32(3,4)5)25-19-21-26(22-20-25)31-24(2)23-28(33)27(31)16-14-11-12-15-18-30(34)35-6/h11,14,19-22,24,27-29,31H,9-10,12-13,15-18,23H2,1-8H3/b14-11-/t24-,27+,28+,29?,31-/m1/s1. The third-order valence-corrected chi connectivity index (χ3v) is 13.7. The van der Waals surface area contributed by atoms with Crippen molar-refractivity contribution in [3.8, 4) is 0 Å². The second-order valence-corrected chi connectivity index (χ2v) is 17.9. The number of hydrogen-bond donors (Lipinski definition) is 0. The minimum Gasteiger partial charge on any atom is -0.469 e. The second kappa shape index (κ2) is 14.9. The van der Waals surface area contributed by atoms with E-state index in [-0.39, 0.29) is 22.5 Å². The molecule has 2 rings (SSSR count). The summed E-state index contributed by atoms with van der Waals surface area (Å²) in [7, 11) is -0.420. The van der Waals surface area contributed by atoms with Crippen LogP contribution in [-0.2, 0) is 14.0 Å². The number of carbonyl (C=O) groups is 1. The fourth-order valence-electron chi connectivity index (χ4n) is 5.37. The van der Waals surface area contributed by atoms with Crippen LogP contribution in [0.15, 0.2) is 36.4 Å². The highest BCUT2D eigenvalue weighted by molar-refractivity contribution is 6.74. The lowest BCUT2D eigenvalue weighted by molar-refractivity contribution is -0.140. The largest absolute Gasteiger partial charge is 0.469 e. The summed E-state index contributed by atoms with van der Waals surface area (Å²) >= 11 is 6.88. The molecule has 0 N–H and O–H groups in total. The summed E-state index contributed by atoms with van der Waals surface area (Å²) in [5, 5.41) is 0.396. The third-order valence-electron chi connectivity index (χ3n) is 8.70. The maximum absolute atomic E-state index is 11.3. The predicted octanol–water partition coefficient (Wildman–Crippen LogP) is 9.97. The minimum atomic E-state index is -1.87. The molecule has 0 amide bonds. The van der Waals surface area contributed by atoms with E-state index < -0.39 is 8.32 Å². The molecule has 0 bridgehead atoms. The van der Waals surface area contributed by atoms with Gasteiger partial charge in [-0.05, 0) is 79.1 Å². The fraction of sp³-hybridized carbons (Fsp3) is 0.719. The van der Waals surface area contributed by atoms with Gasteiger partial charge in [-0.15, -0.1) is 11.6 Å². The number of methoxy groups -OCH3 is 1. The van der Waals surface area contributed by atoms with E-state index in [1.54, 1.807) is 0 Å². The monoisotopic (exact) mass is 548 g/mol. The molecule has 210 valence electrons. The number of benzene rings is 1. The fourth-order valence-corrected chi connectivity index (χ4v) is 7.23. The molecule has 1 aliphatic carbocycles. The Morgan fingerprint density at radius 3 is 2.41 bits per heavy atom. The predicted molar refractivity (Wildman–Crippen MR) is 161 cm³/mol. The first-order chi connectivity index (χ1) is 17.4. The first-order valence-corrected chi connectivity index (χ1v) is 17.9. The van der Waals surface area contributed by atoms with Crippen LogP contribution in [0.2, 0.25) is 18.1 Å². The molecule has 5 heteroatoms. The quantitative estimate of drug-likeness (QED) is 0.0762. The van der Waals surface area contributed by atoms with E-state index in [1.165, 1.54) is 37.5 Å². The van der Waals surface area contributed by atoms with Gasteiger partial charge in [0.15, 0.2) is 8.32 Å². The van der Waals surface area contributed by atoms with Gasteiger partial charge in [0, 0.05) is 11.8 Å². The molecule has 1 unspecified atom stereocenters. The van der Waals surface area contributed by atoms with E-state index in [0.29, 0.717) is 24.2 Å². The Morgan fingerprint density at radius 2 is 1.81 bits per heavy atom. The number of allylic oxidation sites excluding steroid dienone is 2. The van der Waals surface area contributed by atoms with Crippen LogP contribution in [0.4, 0.5) is 0 Å². The van der Waals surface area contributed by atoms with Crippen LogP contribution in [0.5, 0.6) is 0 Å². The lowest BCUT2D eigenvalue weighted by Gasteiger charge is -2.39. The minimum absolute atomic E-state index is 0.135. The maximum Gasteiger partial charge on any atom is 0.305 e. The van der Waals surface area contributed by atoms with E-state index in [2.05, 4.69) is 84.1 Å². The van der Waals surface area contributed by atoms with Gasteiger partial charge in [-0.25, -0.2) is 0 Å². The summed E-state index contributed by atoms with van der Waals surface area (Å²) in [6, 6.07) is 9.35. The lowest BCUT2D eigenvalue weighted by atomic mass is 9.82. The van der Waals surface area contributed by atoms with Crippen molar-refractivity contribution in [2.24, 2.45) is 11.8 Å². The van der Waals surface area contributed by atoms with Crippen molar-refractivity contribution in [1.29, 1.82) is 0 Å². The highest BCUT2D eigenvalue weighted by Gasteiger charge is 2.41. The zero-order valence-corrected chi connectivity index (χ0v) is 26.6. The van der Waals surface area contributed by atoms with Crippen molar-refractivity contribution in [2.75, 3.05) is 7.11 Å². The zero-order valence-electron chi connectivity index (χ0n) is 24.8. The normalized spacial score (nSPS) is 23.5. The molecule has 1 aliphatic rings. The summed E-state index contributed by atoms with van der Waals surface area (Å²) in [5.41, 5.74) is 2.72. The molecular formula is C32H53ClO3Si. The number of alkyl halides is 1. The average molecular weight is 549 g/mol. The summed E-state index contributed by atoms with van der Waals surface area (Å²) < 4.78 is 11.7. The van der Waals surface area contributed by atoms with E-state index in [1.807, 2.05) is 0 Å². The first kappa shape index (κ1) is 32.1. The Kier molecular flexibility index (Phi) is 12.9. The summed E-state index contributed by atoms with van der Waals surface area (Å²) in [6.45, 7) is 16.3. The van der Waals surface area contributed by atoms with Gasteiger partial charge in [0.2, 0.25) is 0 Å². The van der Waals surface area contributed by atoms with Crippen LogP contribution in [-0.4, -0.2) is 26.8 Å². The van der Waals surface area contributed by atoms with Gasteiger partial charge in [-0.3, -0.25) is 4.79 Å². The van der Waals surface area contributed by atoms with Gasteiger partial charge >= 0.3 is 5.97 Å². The van der Waals surface area contributed by atoms with Crippen molar-refractivity contribution in [3.05, 3.63) is 47.5 Å². The molecule has 0 heterocycles. The van der Waals surface area contributed by atoms with E-state index in [0.717, 1.165) is 32.1 Å². The van der Waals surface area contributed by atoms with Crippen LogP contribution >= 0.6 is 11.6 Å². The van der Waals surface area contributed by atoms with E-state index in [9.17, 15) is 4.79 Å². The van der Waals surface area contributed by atoms with Crippen molar-refractivity contribution in [1.82, 2.24) is 0 Å². The number of hydrogen-bond acceptors (Lipinski definition) is 3. The van der Waals surface area contributed by atoms with Gasteiger partial charge in [-0.2, -0.15) is 0 Å². The van der Waals surface area contributed by atoms with Crippen molar-refractivity contribution in [2.45, 2.75) is 128 Å². The van der Waals surface area contributed by atoms with Crippen LogP contribution in [0.3, 0.4) is 0 Å². The van der Waals surface area contributed by atoms with E-state index in [4.69, 9.17) is 20.8 Å². The van der Waals surface area contributed by atoms with Crippen LogP contribution in [0.1, 0.15) is 116 Å². The smallest absolute Gasteiger partial charge is 0.305 e. The van der Waals surface area contributed by atoms with Crippen LogP contribution in [0, 0.1) is 11.8 Å². The Bertz CT molecular complexity index is 843. The van der Waals surface area contributed by atoms with E-state index >= 15 is 0 Å². The van der Waals surface area contributed by atoms with Crippen molar-refractivity contribution < 1.29 is 14.0 Å². The molecule has 0 spiro atoms. The molecule has 0 saturated heterocycles. The summed E-state index contributed by atoms with van der Waals surface area (Å²) in [6.07, 6.45) is 13.7. The number of esters is 1.